The smallest absolute Gasteiger partial charge is 0.0630 e. The van der Waals surface area contributed by atoms with Gasteiger partial charge in [-0.1, -0.05) is 13.8 Å². The molecule has 2 N–H and O–H groups in total. The van der Waals surface area contributed by atoms with Crippen molar-refractivity contribution in [2.24, 2.45) is 11.1 Å². The fourth-order valence-electron chi connectivity index (χ4n) is 1.54. The van der Waals surface area contributed by atoms with Gasteiger partial charge in [-0.2, -0.15) is 5.10 Å². The minimum Gasteiger partial charge on any atom is -0.330 e. The predicted molar refractivity (Wildman–Crippen MR) is 63.8 cm³/mol. The molecule has 3 nitrogen and oxygen atoms in total. The molecule has 0 aliphatic carbocycles. The minimum absolute atomic E-state index is 0.191. The van der Waals surface area contributed by atoms with Crippen molar-refractivity contribution in [3.63, 3.8) is 0 Å². The SMILES string of the molecule is CCC(C)(CN)Cc1ccn(C(C)C)n1. The number of hydrogen-bond donors (Lipinski definition) is 1. The number of rotatable bonds is 5. The number of hydrogen-bond acceptors (Lipinski definition) is 2. The molecule has 0 aromatic carbocycles. The van der Waals surface area contributed by atoms with Gasteiger partial charge in [0.25, 0.3) is 0 Å². The predicted octanol–water partition coefficient (Wildman–Crippen LogP) is 2.38. The molecule has 1 rings (SSSR count). The lowest BCUT2D eigenvalue weighted by atomic mass is 9.83. The molecule has 0 aliphatic rings. The summed E-state index contributed by atoms with van der Waals surface area (Å²) in [6, 6.07) is 2.54. The van der Waals surface area contributed by atoms with E-state index in [-0.39, 0.29) is 5.41 Å². The van der Waals surface area contributed by atoms with Crippen LogP contribution in [0, 0.1) is 5.41 Å². The zero-order chi connectivity index (χ0) is 11.5. The van der Waals surface area contributed by atoms with Gasteiger partial charge >= 0.3 is 0 Å². The molecule has 1 aromatic rings. The Labute approximate surface area is 92.7 Å². The number of nitrogens with two attached hydrogens (primary N) is 1. The lowest BCUT2D eigenvalue weighted by Gasteiger charge is -2.25. The molecule has 0 aliphatic heterocycles. The van der Waals surface area contributed by atoms with E-state index in [9.17, 15) is 0 Å². The van der Waals surface area contributed by atoms with E-state index in [1.165, 1.54) is 0 Å². The van der Waals surface area contributed by atoms with Crippen LogP contribution in [0.5, 0.6) is 0 Å². The van der Waals surface area contributed by atoms with E-state index in [0.29, 0.717) is 6.04 Å². The third kappa shape index (κ3) is 3.06. The van der Waals surface area contributed by atoms with E-state index in [2.05, 4.69) is 38.9 Å². The Morgan fingerprint density at radius 2 is 2.20 bits per heavy atom. The van der Waals surface area contributed by atoms with Crippen LogP contribution in [0.15, 0.2) is 12.3 Å². The molecule has 0 saturated carbocycles. The summed E-state index contributed by atoms with van der Waals surface area (Å²) in [5.74, 6) is 0. The van der Waals surface area contributed by atoms with Crippen molar-refractivity contribution >= 4 is 0 Å². The van der Waals surface area contributed by atoms with E-state index in [4.69, 9.17) is 5.73 Å². The summed E-state index contributed by atoms with van der Waals surface area (Å²) in [6.45, 7) is 9.41. The monoisotopic (exact) mass is 209 g/mol. The maximum atomic E-state index is 5.80. The summed E-state index contributed by atoms with van der Waals surface area (Å²) in [5.41, 5.74) is 7.14. The van der Waals surface area contributed by atoms with E-state index in [1.54, 1.807) is 0 Å². The average Bonchev–Trinajstić information content (AvgIpc) is 2.66. The molecule has 0 spiro atoms. The Balaban J connectivity index is 2.72. The largest absolute Gasteiger partial charge is 0.330 e. The molecule has 1 aromatic heterocycles. The third-order valence-corrected chi connectivity index (χ3v) is 3.15. The Hall–Kier alpha value is -0.830. The molecule has 3 heteroatoms. The van der Waals surface area contributed by atoms with E-state index in [1.807, 2.05) is 10.9 Å². The minimum atomic E-state index is 0.191. The maximum absolute atomic E-state index is 5.80. The normalized spacial score (nSPS) is 15.6. The van der Waals surface area contributed by atoms with Crippen molar-refractivity contribution in [3.05, 3.63) is 18.0 Å². The summed E-state index contributed by atoms with van der Waals surface area (Å²) in [7, 11) is 0. The molecule has 15 heavy (non-hydrogen) atoms. The molecule has 0 fully saturated rings. The first kappa shape index (κ1) is 12.2. The van der Waals surface area contributed by atoms with Gasteiger partial charge in [-0.15, -0.1) is 0 Å². The fourth-order valence-corrected chi connectivity index (χ4v) is 1.54. The van der Waals surface area contributed by atoms with Crippen molar-refractivity contribution in [2.45, 2.75) is 46.6 Å². The van der Waals surface area contributed by atoms with Gasteiger partial charge in [0, 0.05) is 12.2 Å². The zero-order valence-corrected chi connectivity index (χ0v) is 10.3. The molecular formula is C12H23N3. The average molecular weight is 209 g/mol. The van der Waals surface area contributed by atoms with Gasteiger partial charge in [0.05, 0.1) is 5.69 Å². The van der Waals surface area contributed by atoms with Crippen LogP contribution in [0.4, 0.5) is 0 Å². The van der Waals surface area contributed by atoms with Gasteiger partial charge in [-0.25, -0.2) is 0 Å². The van der Waals surface area contributed by atoms with Crippen LogP contribution in [-0.4, -0.2) is 16.3 Å². The standard InChI is InChI=1S/C12H23N3/c1-5-12(4,9-13)8-11-6-7-15(14-11)10(2)3/h6-7,10H,5,8-9,13H2,1-4H3. The molecule has 86 valence electrons. The van der Waals surface area contributed by atoms with Gasteiger partial charge in [-0.3, -0.25) is 4.68 Å². The summed E-state index contributed by atoms with van der Waals surface area (Å²) in [4.78, 5) is 0. The molecule has 1 atom stereocenters. The first-order valence-electron chi connectivity index (χ1n) is 5.75. The summed E-state index contributed by atoms with van der Waals surface area (Å²) < 4.78 is 2.00. The van der Waals surface area contributed by atoms with E-state index < -0.39 is 0 Å². The van der Waals surface area contributed by atoms with Crippen molar-refractivity contribution in [1.29, 1.82) is 0 Å². The summed E-state index contributed by atoms with van der Waals surface area (Å²) >= 11 is 0. The van der Waals surface area contributed by atoms with E-state index >= 15 is 0 Å². The van der Waals surface area contributed by atoms with Crippen LogP contribution in [-0.2, 0) is 6.42 Å². The van der Waals surface area contributed by atoms with Crippen molar-refractivity contribution in [3.8, 4) is 0 Å². The second kappa shape index (κ2) is 4.79. The van der Waals surface area contributed by atoms with Crippen LogP contribution < -0.4 is 5.73 Å². The highest BCUT2D eigenvalue weighted by molar-refractivity contribution is 5.03. The highest BCUT2D eigenvalue weighted by Crippen LogP contribution is 2.24. The lowest BCUT2D eigenvalue weighted by Crippen LogP contribution is -2.29. The van der Waals surface area contributed by atoms with Crippen LogP contribution in [0.2, 0.25) is 0 Å². The third-order valence-electron chi connectivity index (χ3n) is 3.15. The topological polar surface area (TPSA) is 43.8 Å². The molecule has 0 radical (unpaired) electrons. The first-order valence-corrected chi connectivity index (χ1v) is 5.75. The molecule has 0 bridgehead atoms. The molecule has 0 saturated heterocycles. The van der Waals surface area contributed by atoms with Gasteiger partial charge < -0.3 is 5.73 Å². The lowest BCUT2D eigenvalue weighted by molar-refractivity contribution is 0.315. The fraction of sp³-hybridized carbons (Fsp3) is 0.750. The number of nitrogens with zero attached hydrogens (tertiary/aromatic N) is 2. The van der Waals surface area contributed by atoms with Gasteiger partial charge in [0.1, 0.15) is 0 Å². The molecular weight excluding hydrogens is 186 g/mol. The highest BCUT2D eigenvalue weighted by Gasteiger charge is 2.21. The Bertz CT molecular complexity index is 298. The highest BCUT2D eigenvalue weighted by atomic mass is 15.3. The zero-order valence-electron chi connectivity index (χ0n) is 10.3. The molecule has 0 amide bonds. The van der Waals surface area contributed by atoms with Crippen LogP contribution in [0.3, 0.4) is 0 Å². The van der Waals surface area contributed by atoms with Crippen molar-refractivity contribution in [2.75, 3.05) is 6.54 Å². The van der Waals surface area contributed by atoms with Gasteiger partial charge in [0.2, 0.25) is 0 Å². The van der Waals surface area contributed by atoms with Crippen LogP contribution >= 0.6 is 0 Å². The first-order chi connectivity index (χ1) is 7.00. The maximum Gasteiger partial charge on any atom is 0.0630 e. The Morgan fingerprint density at radius 3 is 2.60 bits per heavy atom. The van der Waals surface area contributed by atoms with Crippen LogP contribution in [0.25, 0.3) is 0 Å². The van der Waals surface area contributed by atoms with Crippen LogP contribution in [0.1, 0.15) is 45.9 Å². The second-order valence-electron chi connectivity index (χ2n) is 4.93. The summed E-state index contributed by atoms with van der Waals surface area (Å²) in [6.07, 6.45) is 4.12. The van der Waals surface area contributed by atoms with Crippen molar-refractivity contribution < 1.29 is 0 Å². The second-order valence-corrected chi connectivity index (χ2v) is 4.93. The summed E-state index contributed by atoms with van der Waals surface area (Å²) in [5, 5.41) is 4.55. The molecule has 1 unspecified atom stereocenters. The van der Waals surface area contributed by atoms with E-state index in [0.717, 1.165) is 25.1 Å². The van der Waals surface area contributed by atoms with Crippen molar-refractivity contribution in [1.82, 2.24) is 9.78 Å². The quantitative estimate of drug-likeness (QED) is 0.809. The molecule has 1 heterocycles. The van der Waals surface area contributed by atoms with Gasteiger partial charge in [-0.05, 0) is 44.7 Å². The Morgan fingerprint density at radius 1 is 1.53 bits per heavy atom. The van der Waals surface area contributed by atoms with Gasteiger partial charge in [0.15, 0.2) is 0 Å². The Kier molecular flexibility index (Phi) is 3.91. The number of aromatic nitrogens is 2.